The maximum Gasteiger partial charge on any atom is 0.260 e. The van der Waals surface area contributed by atoms with Crippen LogP contribution in [0.1, 0.15) is 34.5 Å². The van der Waals surface area contributed by atoms with Crippen LogP contribution in [-0.4, -0.2) is 28.9 Å². The Morgan fingerprint density at radius 1 is 1.38 bits per heavy atom. The lowest BCUT2D eigenvalue weighted by Gasteiger charge is -2.23. The summed E-state index contributed by atoms with van der Waals surface area (Å²) in [6.45, 7) is 1.64. The lowest BCUT2D eigenvalue weighted by molar-refractivity contribution is -0.127. The minimum absolute atomic E-state index is 0.192. The molecule has 1 aromatic rings. The maximum absolute atomic E-state index is 11.8. The van der Waals surface area contributed by atoms with Crippen molar-refractivity contribution >= 4 is 11.8 Å². The number of likely N-dealkylation sites (N-methyl/N-ethyl adjacent to an activating group) is 1. The highest BCUT2D eigenvalue weighted by Crippen LogP contribution is 2.23. The Morgan fingerprint density at radius 3 is 2.69 bits per heavy atom. The second-order valence-corrected chi connectivity index (χ2v) is 4.03. The summed E-state index contributed by atoms with van der Waals surface area (Å²) in [5.74, 6) is -0.490. The first-order valence-corrected chi connectivity index (χ1v) is 5.12. The Balaban J connectivity index is 2.51. The van der Waals surface area contributed by atoms with E-state index in [4.69, 9.17) is 0 Å². The van der Waals surface area contributed by atoms with Crippen LogP contribution in [0, 0.1) is 0 Å². The van der Waals surface area contributed by atoms with Gasteiger partial charge in [0.2, 0.25) is 5.91 Å². The number of hydrogen-bond donors (Lipinski definition) is 1. The third kappa shape index (κ3) is 1.61. The highest BCUT2D eigenvalue weighted by atomic mass is 16.3. The number of hydrogen-bond acceptors (Lipinski definition) is 3. The van der Waals surface area contributed by atoms with Crippen LogP contribution in [-0.2, 0) is 11.2 Å². The number of carbonyl (C=O) groups is 2. The third-order valence-corrected chi connectivity index (χ3v) is 2.87. The summed E-state index contributed by atoms with van der Waals surface area (Å²) in [6, 6.07) is 5.14. The number of benzene rings is 1. The van der Waals surface area contributed by atoms with Gasteiger partial charge in [-0.1, -0.05) is 12.1 Å². The van der Waals surface area contributed by atoms with Crippen molar-refractivity contribution in [2.24, 2.45) is 0 Å². The van der Waals surface area contributed by atoms with E-state index < -0.39 is 6.10 Å². The number of aliphatic hydroxyl groups excluding tert-OH is 1. The van der Waals surface area contributed by atoms with Crippen LogP contribution in [0.3, 0.4) is 0 Å². The van der Waals surface area contributed by atoms with Gasteiger partial charge in [0.1, 0.15) is 0 Å². The normalized spacial score (nSPS) is 17.3. The van der Waals surface area contributed by atoms with Gasteiger partial charge in [0.25, 0.3) is 5.91 Å². The first kappa shape index (κ1) is 10.8. The van der Waals surface area contributed by atoms with Gasteiger partial charge in [0.05, 0.1) is 12.5 Å². The summed E-state index contributed by atoms with van der Waals surface area (Å²) in [4.78, 5) is 24.4. The molecule has 1 heterocycles. The van der Waals surface area contributed by atoms with Gasteiger partial charge in [-0.2, -0.15) is 0 Å². The van der Waals surface area contributed by atoms with Crippen molar-refractivity contribution < 1.29 is 14.7 Å². The first-order valence-electron chi connectivity index (χ1n) is 5.12. The molecule has 0 bridgehead atoms. The maximum atomic E-state index is 11.8. The molecule has 16 heavy (non-hydrogen) atoms. The van der Waals surface area contributed by atoms with Crippen LogP contribution >= 0.6 is 0 Å². The van der Waals surface area contributed by atoms with Gasteiger partial charge in [-0.15, -0.1) is 0 Å². The van der Waals surface area contributed by atoms with E-state index in [1.807, 2.05) is 0 Å². The van der Waals surface area contributed by atoms with Crippen molar-refractivity contribution in [2.45, 2.75) is 19.4 Å². The van der Waals surface area contributed by atoms with Gasteiger partial charge in [0, 0.05) is 12.6 Å². The molecule has 1 N–H and O–H groups in total. The number of carbonyl (C=O) groups excluding carboxylic acids is 2. The second-order valence-electron chi connectivity index (χ2n) is 4.03. The average molecular weight is 219 g/mol. The molecule has 0 saturated carbocycles. The summed E-state index contributed by atoms with van der Waals surface area (Å²) < 4.78 is 0. The summed E-state index contributed by atoms with van der Waals surface area (Å²) >= 11 is 0. The summed E-state index contributed by atoms with van der Waals surface area (Å²) in [6.07, 6.45) is -0.362. The molecule has 0 spiro atoms. The van der Waals surface area contributed by atoms with Crippen LogP contribution in [0.4, 0.5) is 0 Å². The molecule has 2 amide bonds. The van der Waals surface area contributed by atoms with Gasteiger partial charge in [-0.3, -0.25) is 14.5 Å². The Bertz CT molecular complexity index is 465. The lowest BCUT2D eigenvalue weighted by atomic mass is 9.95. The van der Waals surface area contributed by atoms with Gasteiger partial charge in [0.15, 0.2) is 0 Å². The van der Waals surface area contributed by atoms with E-state index in [1.165, 1.54) is 7.05 Å². The van der Waals surface area contributed by atoms with Crippen molar-refractivity contribution in [3.8, 4) is 0 Å². The fraction of sp³-hybridized carbons (Fsp3) is 0.333. The molecule has 0 aromatic heterocycles. The monoisotopic (exact) mass is 219 g/mol. The van der Waals surface area contributed by atoms with E-state index in [1.54, 1.807) is 25.1 Å². The summed E-state index contributed by atoms with van der Waals surface area (Å²) in [7, 11) is 1.47. The highest BCUT2D eigenvalue weighted by molar-refractivity contribution is 6.09. The molecular weight excluding hydrogens is 206 g/mol. The van der Waals surface area contributed by atoms with E-state index in [-0.39, 0.29) is 18.2 Å². The fourth-order valence-electron chi connectivity index (χ4n) is 1.78. The minimum atomic E-state index is -0.610. The molecule has 1 aliphatic rings. The Hall–Kier alpha value is -1.68. The smallest absolute Gasteiger partial charge is 0.260 e. The van der Waals surface area contributed by atoms with E-state index in [2.05, 4.69) is 0 Å². The van der Waals surface area contributed by atoms with Crippen LogP contribution in [0.15, 0.2) is 18.2 Å². The molecule has 0 radical (unpaired) electrons. The fourth-order valence-corrected chi connectivity index (χ4v) is 1.78. The van der Waals surface area contributed by atoms with E-state index in [9.17, 15) is 14.7 Å². The first-order chi connectivity index (χ1) is 7.50. The Kier molecular flexibility index (Phi) is 2.52. The Labute approximate surface area is 93.5 Å². The van der Waals surface area contributed by atoms with E-state index in [0.717, 1.165) is 10.5 Å². The molecular formula is C12H13NO3. The van der Waals surface area contributed by atoms with E-state index >= 15 is 0 Å². The molecule has 1 aliphatic heterocycles. The minimum Gasteiger partial charge on any atom is -0.389 e. The molecule has 4 heteroatoms. The SMILES string of the molecule is C[C@@H](O)c1ccc2c(c1)C(=O)N(C)C(=O)C2. The number of aliphatic hydroxyl groups is 1. The van der Waals surface area contributed by atoms with E-state index in [0.29, 0.717) is 11.1 Å². The topological polar surface area (TPSA) is 57.6 Å². The molecule has 2 rings (SSSR count). The number of nitrogens with zero attached hydrogens (tertiary/aromatic N) is 1. The predicted octanol–water partition coefficient (Wildman–Crippen LogP) is 0.895. The standard InChI is InChI=1S/C12H13NO3/c1-7(14)8-3-4-9-6-11(15)13(2)12(16)10(9)5-8/h3-5,7,14H,6H2,1-2H3/t7-/m1/s1. The molecule has 1 atom stereocenters. The second kappa shape index (κ2) is 3.72. The van der Waals surface area contributed by atoms with Crippen LogP contribution in [0.5, 0.6) is 0 Å². The van der Waals surface area contributed by atoms with Gasteiger partial charge >= 0.3 is 0 Å². The quantitative estimate of drug-likeness (QED) is 0.714. The lowest BCUT2D eigenvalue weighted by Crippen LogP contribution is -2.39. The zero-order chi connectivity index (χ0) is 11.9. The summed E-state index contributed by atoms with van der Waals surface area (Å²) in [5.41, 5.74) is 1.94. The molecule has 0 saturated heterocycles. The summed E-state index contributed by atoms with van der Waals surface area (Å²) in [5, 5.41) is 9.44. The van der Waals surface area contributed by atoms with Crippen LogP contribution < -0.4 is 0 Å². The van der Waals surface area contributed by atoms with Gasteiger partial charge in [-0.25, -0.2) is 0 Å². The molecule has 0 aliphatic carbocycles. The predicted molar refractivity (Wildman–Crippen MR) is 57.9 cm³/mol. The third-order valence-electron chi connectivity index (χ3n) is 2.87. The van der Waals surface area contributed by atoms with Crippen molar-refractivity contribution in [1.82, 2.24) is 4.90 Å². The number of imide groups is 1. The number of fused-ring (bicyclic) bond motifs is 1. The van der Waals surface area contributed by atoms with Crippen molar-refractivity contribution in [1.29, 1.82) is 0 Å². The van der Waals surface area contributed by atoms with Crippen molar-refractivity contribution in [3.63, 3.8) is 0 Å². The Morgan fingerprint density at radius 2 is 2.06 bits per heavy atom. The largest absolute Gasteiger partial charge is 0.389 e. The van der Waals surface area contributed by atoms with Crippen LogP contribution in [0.2, 0.25) is 0 Å². The number of amides is 2. The molecule has 0 unspecified atom stereocenters. The zero-order valence-corrected chi connectivity index (χ0v) is 9.23. The number of rotatable bonds is 1. The molecule has 84 valence electrons. The van der Waals surface area contributed by atoms with Crippen LogP contribution in [0.25, 0.3) is 0 Å². The zero-order valence-electron chi connectivity index (χ0n) is 9.23. The van der Waals surface area contributed by atoms with Crippen molar-refractivity contribution in [3.05, 3.63) is 34.9 Å². The van der Waals surface area contributed by atoms with Crippen molar-refractivity contribution in [2.75, 3.05) is 7.05 Å². The average Bonchev–Trinajstić information content (AvgIpc) is 2.25. The van der Waals surface area contributed by atoms with Gasteiger partial charge < -0.3 is 5.11 Å². The van der Waals surface area contributed by atoms with Gasteiger partial charge in [-0.05, 0) is 24.1 Å². The molecule has 4 nitrogen and oxygen atoms in total. The molecule has 0 fully saturated rings. The molecule has 1 aromatic carbocycles. The highest BCUT2D eigenvalue weighted by Gasteiger charge is 2.28.